The molecule has 2 rings (SSSR count). The van der Waals surface area contributed by atoms with Crippen LogP contribution < -0.4 is 5.32 Å². The van der Waals surface area contributed by atoms with E-state index in [0.29, 0.717) is 0 Å². The van der Waals surface area contributed by atoms with Gasteiger partial charge in [0.15, 0.2) is 0 Å². The SMILES string of the molecule is Cc1ccc(F)cc1NCC1CCC(C)(C)O1. The molecule has 1 aliphatic rings. The molecule has 1 aliphatic heterocycles. The maximum atomic E-state index is 13.1. The van der Waals surface area contributed by atoms with Crippen LogP contribution >= 0.6 is 0 Å². The fourth-order valence-electron chi connectivity index (χ4n) is 2.23. The molecule has 1 aromatic rings. The molecule has 0 spiro atoms. The topological polar surface area (TPSA) is 21.3 Å². The van der Waals surface area contributed by atoms with Crippen LogP contribution in [-0.2, 0) is 4.74 Å². The van der Waals surface area contributed by atoms with Gasteiger partial charge in [0.1, 0.15) is 5.82 Å². The van der Waals surface area contributed by atoms with Gasteiger partial charge in [0.05, 0.1) is 11.7 Å². The van der Waals surface area contributed by atoms with Crippen LogP contribution in [0, 0.1) is 12.7 Å². The highest BCUT2D eigenvalue weighted by atomic mass is 19.1. The molecule has 1 unspecified atom stereocenters. The van der Waals surface area contributed by atoms with Crippen LogP contribution in [0.4, 0.5) is 10.1 Å². The molecule has 2 nitrogen and oxygen atoms in total. The zero-order chi connectivity index (χ0) is 12.5. The normalized spacial score (nSPS) is 22.7. The van der Waals surface area contributed by atoms with Crippen LogP contribution in [0.2, 0.25) is 0 Å². The molecule has 1 N–H and O–H groups in total. The number of benzene rings is 1. The van der Waals surface area contributed by atoms with E-state index in [-0.39, 0.29) is 17.5 Å². The second kappa shape index (κ2) is 4.65. The number of halogens is 1. The molecule has 17 heavy (non-hydrogen) atoms. The highest BCUT2D eigenvalue weighted by Crippen LogP contribution is 2.29. The molecule has 1 heterocycles. The zero-order valence-electron chi connectivity index (χ0n) is 10.7. The summed E-state index contributed by atoms with van der Waals surface area (Å²) in [5.41, 5.74) is 1.91. The molecule has 0 aliphatic carbocycles. The molecule has 0 amide bonds. The number of hydrogen-bond acceptors (Lipinski definition) is 2. The van der Waals surface area contributed by atoms with Crippen molar-refractivity contribution in [2.75, 3.05) is 11.9 Å². The Morgan fingerprint density at radius 1 is 1.47 bits per heavy atom. The first kappa shape index (κ1) is 12.4. The van der Waals surface area contributed by atoms with E-state index >= 15 is 0 Å². The van der Waals surface area contributed by atoms with Gasteiger partial charge in [-0.2, -0.15) is 0 Å². The van der Waals surface area contributed by atoms with Crippen molar-refractivity contribution in [3.63, 3.8) is 0 Å². The van der Waals surface area contributed by atoms with E-state index in [0.717, 1.165) is 30.6 Å². The van der Waals surface area contributed by atoms with Crippen molar-refractivity contribution in [1.82, 2.24) is 0 Å². The minimum absolute atomic E-state index is 0.0106. The third-order valence-electron chi connectivity index (χ3n) is 3.27. The quantitative estimate of drug-likeness (QED) is 0.868. The number of ether oxygens (including phenoxy) is 1. The van der Waals surface area contributed by atoms with Gasteiger partial charge in [0, 0.05) is 12.2 Å². The van der Waals surface area contributed by atoms with Gasteiger partial charge in [-0.05, 0) is 51.3 Å². The molecule has 0 radical (unpaired) electrons. The van der Waals surface area contributed by atoms with Crippen LogP contribution in [0.1, 0.15) is 32.3 Å². The summed E-state index contributed by atoms with van der Waals surface area (Å²) in [6.45, 7) is 6.94. The summed E-state index contributed by atoms with van der Waals surface area (Å²) >= 11 is 0. The Labute approximate surface area is 102 Å². The number of hydrogen-bond donors (Lipinski definition) is 1. The van der Waals surface area contributed by atoms with Crippen LogP contribution in [-0.4, -0.2) is 18.2 Å². The van der Waals surface area contributed by atoms with Gasteiger partial charge in [0.2, 0.25) is 0 Å². The summed E-state index contributed by atoms with van der Waals surface area (Å²) in [6, 6.07) is 4.81. The standard InChI is InChI=1S/C14H20FNO/c1-10-4-5-11(15)8-13(10)16-9-12-6-7-14(2,3)17-12/h4-5,8,12,16H,6-7,9H2,1-3H3. The molecule has 94 valence electrons. The Kier molecular flexibility index (Phi) is 3.38. The molecule has 1 atom stereocenters. The van der Waals surface area contributed by atoms with E-state index in [1.165, 1.54) is 12.1 Å². The second-order valence-electron chi connectivity index (χ2n) is 5.38. The van der Waals surface area contributed by atoms with Crippen molar-refractivity contribution in [3.8, 4) is 0 Å². The average molecular weight is 237 g/mol. The molecular formula is C14H20FNO. The first-order chi connectivity index (χ1) is 7.96. The van der Waals surface area contributed by atoms with Crippen LogP contribution in [0.25, 0.3) is 0 Å². The maximum absolute atomic E-state index is 13.1. The molecule has 0 aromatic heterocycles. The van der Waals surface area contributed by atoms with E-state index < -0.39 is 0 Å². The van der Waals surface area contributed by atoms with Gasteiger partial charge in [-0.3, -0.25) is 0 Å². The van der Waals surface area contributed by atoms with Gasteiger partial charge >= 0.3 is 0 Å². The van der Waals surface area contributed by atoms with Crippen molar-refractivity contribution in [3.05, 3.63) is 29.6 Å². The van der Waals surface area contributed by atoms with Gasteiger partial charge in [-0.15, -0.1) is 0 Å². The summed E-state index contributed by atoms with van der Waals surface area (Å²) in [5.74, 6) is -0.203. The molecule has 1 aromatic carbocycles. The van der Waals surface area contributed by atoms with Crippen molar-refractivity contribution < 1.29 is 9.13 Å². The number of anilines is 1. The lowest BCUT2D eigenvalue weighted by atomic mass is 10.1. The lowest BCUT2D eigenvalue weighted by molar-refractivity contribution is -0.00911. The van der Waals surface area contributed by atoms with Crippen molar-refractivity contribution >= 4 is 5.69 Å². The molecule has 1 fully saturated rings. The Morgan fingerprint density at radius 3 is 2.88 bits per heavy atom. The van der Waals surface area contributed by atoms with Crippen molar-refractivity contribution in [2.45, 2.75) is 45.3 Å². The van der Waals surface area contributed by atoms with Crippen LogP contribution in [0.5, 0.6) is 0 Å². The maximum Gasteiger partial charge on any atom is 0.125 e. The molecular weight excluding hydrogens is 217 g/mol. The smallest absolute Gasteiger partial charge is 0.125 e. The molecule has 0 bridgehead atoms. The second-order valence-corrected chi connectivity index (χ2v) is 5.38. The Hall–Kier alpha value is -1.09. The van der Waals surface area contributed by atoms with Crippen molar-refractivity contribution in [2.24, 2.45) is 0 Å². The fraction of sp³-hybridized carbons (Fsp3) is 0.571. The van der Waals surface area contributed by atoms with E-state index in [4.69, 9.17) is 4.74 Å². The number of nitrogens with one attached hydrogen (secondary N) is 1. The predicted octanol–water partition coefficient (Wildman–Crippen LogP) is 3.50. The lowest BCUT2D eigenvalue weighted by Crippen LogP contribution is -2.25. The van der Waals surface area contributed by atoms with Crippen molar-refractivity contribution in [1.29, 1.82) is 0 Å². The van der Waals surface area contributed by atoms with Gasteiger partial charge in [-0.25, -0.2) is 4.39 Å². The highest BCUT2D eigenvalue weighted by Gasteiger charge is 2.31. The Morgan fingerprint density at radius 2 is 2.24 bits per heavy atom. The first-order valence-electron chi connectivity index (χ1n) is 6.14. The van der Waals surface area contributed by atoms with E-state index in [9.17, 15) is 4.39 Å². The summed E-state index contributed by atoms with van der Waals surface area (Å²) in [6.07, 6.45) is 2.38. The third-order valence-corrected chi connectivity index (χ3v) is 3.27. The highest BCUT2D eigenvalue weighted by molar-refractivity contribution is 5.50. The molecule has 1 saturated heterocycles. The van der Waals surface area contributed by atoms with Gasteiger partial charge in [0.25, 0.3) is 0 Å². The minimum Gasteiger partial charge on any atom is -0.382 e. The summed E-state index contributed by atoms with van der Waals surface area (Å²) in [7, 11) is 0. The van der Waals surface area contributed by atoms with E-state index in [1.807, 2.05) is 6.92 Å². The Bertz CT molecular complexity index is 403. The third kappa shape index (κ3) is 3.19. The zero-order valence-corrected chi connectivity index (χ0v) is 10.7. The lowest BCUT2D eigenvalue weighted by Gasteiger charge is -2.20. The summed E-state index contributed by atoms with van der Waals surface area (Å²) in [5, 5.41) is 3.27. The monoisotopic (exact) mass is 237 g/mol. The summed E-state index contributed by atoms with van der Waals surface area (Å²) in [4.78, 5) is 0. The average Bonchev–Trinajstić information content (AvgIpc) is 2.60. The Balaban J connectivity index is 1.92. The first-order valence-corrected chi connectivity index (χ1v) is 6.14. The minimum atomic E-state index is -0.203. The van der Waals surface area contributed by atoms with Gasteiger partial charge < -0.3 is 10.1 Å². The predicted molar refractivity (Wildman–Crippen MR) is 67.8 cm³/mol. The van der Waals surface area contributed by atoms with Crippen LogP contribution in [0.3, 0.4) is 0 Å². The van der Waals surface area contributed by atoms with E-state index in [2.05, 4.69) is 19.2 Å². The van der Waals surface area contributed by atoms with Crippen LogP contribution in [0.15, 0.2) is 18.2 Å². The number of aryl methyl sites for hydroxylation is 1. The fourth-order valence-corrected chi connectivity index (χ4v) is 2.23. The largest absolute Gasteiger partial charge is 0.382 e. The van der Waals surface area contributed by atoms with Gasteiger partial charge in [-0.1, -0.05) is 6.07 Å². The van der Waals surface area contributed by atoms with E-state index in [1.54, 1.807) is 6.07 Å². The summed E-state index contributed by atoms with van der Waals surface area (Å²) < 4.78 is 19.0. The molecule has 3 heteroatoms. The number of rotatable bonds is 3. The molecule has 0 saturated carbocycles.